The highest BCUT2D eigenvalue weighted by Gasteiger charge is 2.28. The van der Waals surface area contributed by atoms with Crippen LogP contribution in [0.1, 0.15) is 34.6 Å². The second kappa shape index (κ2) is 5.84. The molecule has 0 saturated carbocycles. The van der Waals surface area contributed by atoms with E-state index in [1.165, 1.54) is 0 Å². The second-order valence-corrected chi connectivity index (χ2v) is 6.46. The summed E-state index contributed by atoms with van der Waals surface area (Å²) in [6.07, 6.45) is -0.339. The van der Waals surface area contributed by atoms with Crippen molar-refractivity contribution in [1.29, 1.82) is 0 Å². The SMILES string of the molecule is CC(C)Nc1ccc2c(c1)N(C(=O)OC(C)(C)C)CCO2. The van der Waals surface area contributed by atoms with E-state index >= 15 is 0 Å². The normalized spacial score (nSPS) is 14.5. The molecule has 0 atom stereocenters. The molecule has 0 spiro atoms. The summed E-state index contributed by atoms with van der Waals surface area (Å²) in [6.45, 7) is 10.7. The Hall–Kier alpha value is -1.91. The standard InChI is InChI=1S/C16H24N2O3/c1-11(2)17-12-6-7-14-13(10-12)18(8-9-20-14)15(19)21-16(3,4)5/h6-7,10-11,17H,8-9H2,1-5H3. The lowest BCUT2D eigenvalue weighted by atomic mass is 10.2. The molecule has 1 heterocycles. The fourth-order valence-electron chi connectivity index (χ4n) is 2.15. The van der Waals surface area contributed by atoms with Crippen molar-refractivity contribution < 1.29 is 14.3 Å². The third-order valence-electron chi connectivity index (χ3n) is 2.89. The number of rotatable bonds is 2. The zero-order chi connectivity index (χ0) is 15.6. The number of carbonyl (C=O) groups is 1. The Morgan fingerprint density at radius 2 is 2.10 bits per heavy atom. The van der Waals surface area contributed by atoms with Crippen molar-refractivity contribution in [1.82, 2.24) is 0 Å². The first-order valence-corrected chi connectivity index (χ1v) is 7.30. The van der Waals surface area contributed by atoms with E-state index in [1.807, 2.05) is 39.0 Å². The Labute approximate surface area is 126 Å². The molecule has 1 aliphatic heterocycles. The van der Waals surface area contributed by atoms with Crippen LogP contribution >= 0.6 is 0 Å². The summed E-state index contributed by atoms with van der Waals surface area (Å²) in [5.41, 5.74) is 1.20. The number of benzene rings is 1. The molecule has 0 fully saturated rings. The van der Waals surface area contributed by atoms with Crippen LogP contribution in [0, 0.1) is 0 Å². The number of anilines is 2. The summed E-state index contributed by atoms with van der Waals surface area (Å²) in [5, 5.41) is 3.33. The molecular weight excluding hydrogens is 268 g/mol. The van der Waals surface area contributed by atoms with Gasteiger partial charge >= 0.3 is 6.09 Å². The van der Waals surface area contributed by atoms with E-state index in [0.29, 0.717) is 24.9 Å². The van der Waals surface area contributed by atoms with Crippen LogP contribution in [0.5, 0.6) is 5.75 Å². The van der Waals surface area contributed by atoms with Gasteiger partial charge in [0.05, 0.1) is 12.2 Å². The van der Waals surface area contributed by atoms with Crippen molar-refractivity contribution in [3.05, 3.63) is 18.2 Å². The van der Waals surface area contributed by atoms with Gasteiger partial charge in [-0.25, -0.2) is 4.79 Å². The van der Waals surface area contributed by atoms with Gasteiger partial charge in [0.2, 0.25) is 0 Å². The lowest BCUT2D eigenvalue weighted by molar-refractivity contribution is 0.0568. The molecule has 1 N–H and O–H groups in total. The van der Waals surface area contributed by atoms with E-state index in [9.17, 15) is 4.79 Å². The Morgan fingerprint density at radius 3 is 2.71 bits per heavy atom. The van der Waals surface area contributed by atoms with Gasteiger partial charge in [-0.1, -0.05) is 0 Å². The number of nitrogens with zero attached hydrogens (tertiary/aromatic N) is 1. The monoisotopic (exact) mass is 292 g/mol. The molecule has 1 aromatic carbocycles. The maximum absolute atomic E-state index is 12.3. The molecule has 1 aromatic rings. The van der Waals surface area contributed by atoms with Gasteiger partial charge in [-0.15, -0.1) is 0 Å². The number of amides is 1. The summed E-state index contributed by atoms with van der Waals surface area (Å²) in [7, 11) is 0. The molecule has 0 aliphatic carbocycles. The van der Waals surface area contributed by atoms with Gasteiger partial charge < -0.3 is 14.8 Å². The molecule has 1 amide bonds. The largest absolute Gasteiger partial charge is 0.490 e. The van der Waals surface area contributed by atoms with E-state index < -0.39 is 5.60 Å². The van der Waals surface area contributed by atoms with E-state index in [-0.39, 0.29) is 6.09 Å². The summed E-state index contributed by atoms with van der Waals surface area (Å²) < 4.78 is 11.1. The molecule has 0 bridgehead atoms. The topological polar surface area (TPSA) is 50.8 Å². The van der Waals surface area contributed by atoms with Crippen LogP contribution in [0.3, 0.4) is 0 Å². The van der Waals surface area contributed by atoms with Gasteiger partial charge in [-0.05, 0) is 52.8 Å². The van der Waals surface area contributed by atoms with Gasteiger partial charge in [0.15, 0.2) is 0 Å². The van der Waals surface area contributed by atoms with Gasteiger partial charge in [0, 0.05) is 11.7 Å². The molecule has 21 heavy (non-hydrogen) atoms. The van der Waals surface area contributed by atoms with Crippen LogP contribution < -0.4 is 15.0 Å². The van der Waals surface area contributed by atoms with Crippen molar-refractivity contribution in [3.63, 3.8) is 0 Å². The Kier molecular flexibility index (Phi) is 4.30. The first-order chi connectivity index (χ1) is 9.76. The lowest BCUT2D eigenvalue weighted by Crippen LogP contribution is -2.41. The van der Waals surface area contributed by atoms with Gasteiger partial charge in [-0.3, -0.25) is 4.90 Å². The van der Waals surface area contributed by atoms with E-state index in [4.69, 9.17) is 9.47 Å². The third-order valence-corrected chi connectivity index (χ3v) is 2.89. The molecule has 1 aliphatic rings. The highest BCUT2D eigenvalue weighted by atomic mass is 16.6. The van der Waals surface area contributed by atoms with E-state index in [2.05, 4.69) is 19.2 Å². The fourth-order valence-corrected chi connectivity index (χ4v) is 2.15. The summed E-state index contributed by atoms with van der Waals surface area (Å²) in [5.74, 6) is 0.710. The Bertz CT molecular complexity index is 521. The van der Waals surface area contributed by atoms with Crippen LogP contribution in [0.25, 0.3) is 0 Å². The van der Waals surface area contributed by atoms with E-state index in [0.717, 1.165) is 11.4 Å². The minimum Gasteiger partial charge on any atom is -0.490 e. The van der Waals surface area contributed by atoms with Gasteiger partial charge in [-0.2, -0.15) is 0 Å². The average Bonchev–Trinajstić information content (AvgIpc) is 2.35. The molecule has 116 valence electrons. The first-order valence-electron chi connectivity index (χ1n) is 7.30. The van der Waals surface area contributed by atoms with E-state index in [1.54, 1.807) is 4.90 Å². The molecule has 2 rings (SSSR count). The van der Waals surface area contributed by atoms with Crippen LogP contribution in [0.4, 0.5) is 16.2 Å². The quantitative estimate of drug-likeness (QED) is 0.904. The zero-order valence-electron chi connectivity index (χ0n) is 13.4. The van der Waals surface area contributed by atoms with Crippen LogP contribution in [-0.4, -0.2) is 30.9 Å². The first kappa shape index (κ1) is 15.5. The Balaban J connectivity index is 2.26. The molecule has 5 heteroatoms. The van der Waals surface area contributed by atoms with Crippen LogP contribution in [-0.2, 0) is 4.74 Å². The van der Waals surface area contributed by atoms with Crippen LogP contribution in [0.15, 0.2) is 18.2 Å². The average molecular weight is 292 g/mol. The van der Waals surface area contributed by atoms with Crippen LogP contribution in [0.2, 0.25) is 0 Å². The molecule has 0 saturated heterocycles. The Morgan fingerprint density at radius 1 is 1.38 bits per heavy atom. The summed E-state index contributed by atoms with van der Waals surface area (Å²) in [4.78, 5) is 14.0. The lowest BCUT2D eigenvalue weighted by Gasteiger charge is -2.32. The molecule has 5 nitrogen and oxygen atoms in total. The highest BCUT2D eigenvalue weighted by Crippen LogP contribution is 2.35. The molecular formula is C16H24N2O3. The molecule has 0 unspecified atom stereocenters. The number of fused-ring (bicyclic) bond motifs is 1. The smallest absolute Gasteiger partial charge is 0.415 e. The molecule has 0 aromatic heterocycles. The third kappa shape index (κ3) is 4.03. The highest BCUT2D eigenvalue weighted by molar-refractivity contribution is 5.91. The van der Waals surface area contributed by atoms with Crippen molar-refractivity contribution in [2.75, 3.05) is 23.4 Å². The zero-order valence-corrected chi connectivity index (χ0v) is 13.4. The van der Waals surface area contributed by atoms with Gasteiger partial charge in [0.1, 0.15) is 18.0 Å². The minimum absolute atomic E-state index is 0.322. The predicted octanol–water partition coefficient (Wildman–Crippen LogP) is 3.64. The number of hydrogen-bond donors (Lipinski definition) is 1. The maximum atomic E-state index is 12.3. The number of nitrogens with one attached hydrogen (secondary N) is 1. The predicted molar refractivity (Wildman–Crippen MR) is 84.3 cm³/mol. The number of ether oxygens (including phenoxy) is 2. The summed E-state index contributed by atoms with van der Waals surface area (Å²) >= 11 is 0. The maximum Gasteiger partial charge on any atom is 0.415 e. The van der Waals surface area contributed by atoms with Crippen molar-refractivity contribution >= 4 is 17.5 Å². The van der Waals surface area contributed by atoms with Crippen molar-refractivity contribution in [2.45, 2.75) is 46.3 Å². The second-order valence-electron chi connectivity index (χ2n) is 6.46. The number of hydrogen-bond acceptors (Lipinski definition) is 4. The number of carbonyl (C=O) groups excluding carboxylic acids is 1. The van der Waals surface area contributed by atoms with Gasteiger partial charge in [0.25, 0.3) is 0 Å². The van der Waals surface area contributed by atoms with Crippen molar-refractivity contribution in [2.24, 2.45) is 0 Å². The minimum atomic E-state index is -0.511. The summed E-state index contributed by atoms with van der Waals surface area (Å²) in [6, 6.07) is 6.09. The fraction of sp³-hybridized carbons (Fsp3) is 0.562. The molecule has 0 radical (unpaired) electrons. The van der Waals surface area contributed by atoms with Crippen molar-refractivity contribution in [3.8, 4) is 5.75 Å².